The Labute approximate surface area is 106 Å². The normalized spacial score (nSPS) is 10.5. The number of nitrogens with zero attached hydrogens (tertiary/aromatic N) is 3. The Morgan fingerprint density at radius 2 is 2.16 bits per heavy atom. The predicted octanol–water partition coefficient (Wildman–Crippen LogP) is 1.84. The highest BCUT2D eigenvalue weighted by atomic mass is 16.5. The van der Waals surface area contributed by atoms with Gasteiger partial charge in [0.2, 0.25) is 5.88 Å². The quantitative estimate of drug-likeness (QED) is 0.741. The summed E-state index contributed by atoms with van der Waals surface area (Å²) in [6.07, 6.45) is 2.82. The maximum absolute atomic E-state index is 10.9. The molecule has 0 aliphatic rings. The van der Waals surface area contributed by atoms with Crippen LogP contribution in [0.3, 0.4) is 0 Å². The van der Waals surface area contributed by atoms with E-state index < -0.39 is 5.97 Å². The number of imidazole rings is 1. The number of rotatable bonds is 3. The third-order valence-electron chi connectivity index (χ3n) is 2.48. The topological polar surface area (TPSA) is 101 Å². The summed E-state index contributed by atoms with van der Waals surface area (Å²) < 4.78 is 5.56. The van der Waals surface area contributed by atoms with Gasteiger partial charge in [-0.1, -0.05) is 6.07 Å². The van der Waals surface area contributed by atoms with Crippen molar-refractivity contribution in [2.75, 3.05) is 0 Å². The number of nitrogens with one attached hydrogen (secondary N) is 1. The van der Waals surface area contributed by atoms with E-state index >= 15 is 0 Å². The van der Waals surface area contributed by atoms with Crippen molar-refractivity contribution in [1.29, 1.82) is 0 Å². The number of benzene rings is 1. The molecule has 2 N–H and O–H groups in total. The first-order chi connectivity index (χ1) is 9.24. The molecule has 0 saturated heterocycles. The van der Waals surface area contributed by atoms with Crippen LogP contribution in [0.25, 0.3) is 11.2 Å². The molecule has 0 unspecified atom stereocenters. The zero-order chi connectivity index (χ0) is 13.2. The fourth-order valence-electron chi connectivity index (χ4n) is 1.62. The lowest BCUT2D eigenvalue weighted by Crippen LogP contribution is -1.97. The molecule has 2 heterocycles. The molecule has 3 rings (SSSR count). The second kappa shape index (κ2) is 4.37. The SMILES string of the molecule is O=C(O)c1cccc(Oc2ncnc3nc[nH]c23)c1. The van der Waals surface area contributed by atoms with Gasteiger partial charge in [-0.25, -0.2) is 14.8 Å². The number of aromatic amines is 1. The molecule has 0 fully saturated rings. The second-order valence-electron chi connectivity index (χ2n) is 3.72. The summed E-state index contributed by atoms with van der Waals surface area (Å²) in [5, 5.41) is 8.92. The Morgan fingerprint density at radius 3 is 3.00 bits per heavy atom. The molecule has 19 heavy (non-hydrogen) atoms. The van der Waals surface area contributed by atoms with Crippen LogP contribution in [0.2, 0.25) is 0 Å². The first kappa shape index (κ1) is 11.1. The van der Waals surface area contributed by atoms with Crippen LogP contribution < -0.4 is 4.74 Å². The summed E-state index contributed by atoms with van der Waals surface area (Å²) in [5.74, 6) is -0.334. The third-order valence-corrected chi connectivity index (χ3v) is 2.48. The lowest BCUT2D eigenvalue weighted by Gasteiger charge is -2.05. The highest BCUT2D eigenvalue weighted by molar-refractivity contribution is 5.88. The van der Waals surface area contributed by atoms with Gasteiger partial charge in [0.05, 0.1) is 11.9 Å². The van der Waals surface area contributed by atoms with Crippen molar-refractivity contribution in [3.63, 3.8) is 0 Å². The molecule has 0 radical (unpaired) electrons. The number of hydrogen-bond acceptors (Lipinski definition) is 5. The van der Waals surface area contributed by atoms with Crippen molar-refractivity contribution < 1.29 is 14.6 Å². The molecule has 0 spiro atoms. The minimum absolute atomic E-state index is 0.146. The summed E-state index contributed by atoms with van der Waals surface area (Å²) in [5.41, 5.74) is 1.19. The molecule has 2 aromatic heterocycles. The smallest absolute Gasteiger partial charge is 0.335 e. The molecule has 7 nitrogen and oxygen atoms in total. The highest BCUT2D eigenvalue weighted by Gasteiger charge is 2.09. The van der Waals surface area contributed by atoms with E-state index in [1.54, 1.807) is 12.1 Å². The number of fused-ring (bicyclic) bond motifs is 1. The minimum Gasteiger partial charge on any atom is -0.478 e. The van der Waals surface area contributed by atoms with E-state index in [0.717, 1.165) is 0 Å². The van der Waals surface area contributed by atoms with Gasteiger partial charge in [-0.2, -0.15) is 4.98 Å². The van der Waals surface area contributed by atoms with E-state index in [9.17, 15) is 4.79 Å². The number of ether oxygens (including phenoxy) is 1. The molecule has 94 valence electrons. The standard InChI is InChI=1S/C12H8N4O3/c17-12(18)7-2-1-3-8(4-7)19-11-9-10(14-5-13-9)15-6-16-11/h1-6H,(H,17,18)(H,13,14,15,16). The van der Waals surface area contributed by atoms with E-state index in [0.29, 0.717) is 22.8 Å². The lowest BCUT2D eigenvalue weighted by molar-refractivity contribution is 0.0696. The van der Waals surface area contributed by atoms with Gasteiger partial charge in [0, 0.05) is 0 Å². The van der Waals surface area contributed by atoms with E-state index in [4.69, 9.17) is 9.84 Å². The summed E-state index contributed by atoms with van der Waals surface area (Å²) in [6.45, 7) is 0. The Bertz CT molecular complexity index is 753. The Morgan fingerprint density at radius 1 is 1.26 bits per heavy atom. The van der Waals surface area contributed by atoms with E-state index in [2.05, 4.69) is 19.9 Å². The van der Waals surface area contributed by atoms with Crippen LogP contribution in [0, 0.1) is 0 Å². The van der Waals surface area contributed by atoms with Crippen molar-refractivity contribution in [3.05, 3.63) is 42.5 Å². The van der Waals surface area contributed by atoms with Crippen LogP contribution in [0.4, 0.5) is 0 Å². The van der Waals surface area contributed by atoms with Gasteiger partial charge < -0.3 is 14.8 Å². The summed E-state index contributed by atoms with van der Waals surface area (Å²) in [7, 11) is 0. The monoisotopic (exact) mass is 256 g/mol. The van der Waals surface area contributed by atoms with E-state index in [1.165, 1.54) is 24.8 Å². The van der Waals surface area contributed by atoms with E-state index in [1.807, 2.05) is 0 Å². The Hall–Kier alpha value is -2.96. The first-order valence-electron chi connectivity index (χ1n) is 5.39. The van der Waals surface area contributed by atoms with Crippen LogP contribution >= 0.6 is 0 Å². The molecule has 0 aliphatic carbocycles. The zero-order valence-electron chi connectivity index (χ0n) is 9.57. The molecule has 0 aliphatic heterocycles. The summed E-state index contributed by atoms with van der Waals surface area (Å²) in [6, 6.07) is 6.16. The highest BCUT2D eigenvalue weighted by Crippen LogP contribution is 2.24. The van der Waals surface area contributed by atoms with Crippen LogP contribution in [-0.4, -0.2) is 31.0 Å². The van der Waals surface area contributed by atoms with Gasteiger partial charge in [0.15, 0.2) is 5.65 Å². The molecular weight excluding hydrogens is 248 g/mol. The zero-order valence-corrected chi connectivity index (χ0v) is 9.57. The average Bonchev–Trinajstić information content (AvgIpc) is 2.88. The van der Waals surface area contributed by atoms with Gasteiger partial charge in [0.1, 0.15) is 17.6 Å². The molecule has 0 amide bonds. The fraction of sp³-hybridized carbons (Fsp3) is 0. The van der Waals surface area contributed by atoms with Gasteiger partial charge >= 0.3 is 5.97 Å². The van der Waals surface area contributed by atoms with Crippen molar-refractivity contribution in [2.24, 2.45) is 0 Å². The average molecular weight is 256 g/mol. The van der Waals surface area contributed by atoms with Crippen LogP contribution in [0.15, 0.2) is 36.9 Å². The lowest BCUT2D eigenvalue weighted by atomic mass is 10.2. The molecule has 0 saturated carbocycles. The number of hydrogen-bond donors (Lipinski definition) is 2. The molecule has 0 bridgehead atoms. The predicted molar refractivity (Wildman–Crippen MR) is 65.2 cm³/mol. The number of carboxylic acid groups (broad SMARTS) is 1. The molecule has 1 aromatic carbocycles. The van der Waals surface area contributed by atoms with Gasteiger partial charge in [-0.15, -0.1) is 0 Å². The van der Waals surface area contributed by atoms with Crippen LogP contribution in [-0.2, 0) is 0 Å². The summed E-state index contributed by atoms with van der Waals surface area (Å²) >= 11 is 0. The molecule has 3 aromatic rings. The minimum atomic E-state index is -1.01. The largest absolute Gasteiger partial charge is 0.478 e. The number of carboxylic acids is 1. The number of carbonyl (C=O) groups is 1. The Kier molecular flexibility index (Phi) is 2.57. The van der Waals surface area contributed by atoms with Crippen molar-refractivity contribution >= 4 is 17.1 Å². The van der Waals surface area contributed by atoms with Crippen LogP contribution in [0.1, 0.15) is 10.4 Å². The van der Waals surface area contributed by atoms with Gasteiger partial charge in [-0.05, 0) is 18.2 Å². The fourth-order valence-corrected chi connectivity index (χ4v) is 1.62. The van der Waals surface area contributed by atoms with E-state index in [-0.39, 0.29) is 5.56 Å². The number of aromatic carboxylic acids is 1. The van der Waals surface area contributed by atoms with Crippen molar-refractivity contribution in [1.82, 2.24) is 19.9 Å². The van der Waals surface area contributed by atoms with Crippen LogP contribution in [0.5, 0.6) is 11.6 Å². The number of aromatic nitrogens is 4. The Balaban J connectivity index is 1.99. The maximum atomic E-state index is 10.9. The number of H-pyrrole nitrogens is 1. The first-order valence-corrected chi connectivity index (χ1v) is 5.39. The third kappa shape index (κ3) is 2.08. The molecule has 0 atom stereocenters. The molecule has 7 heteroatoms. The van der Waals surface area contributed by atoms with Gasteiger partial charge in [-0.3, -0.25) is 0 Å². The van der Waals surface area contributed by atoms with Crippen molar-refractivity contribution in [2.45, 2.75) is 0 Å². The second-order valence-corrected chi connectivity index (χ2v) is 3.72. The maximum Gasteiger partial charge on any atom is 0.335 e. The van der Waals surface area contributed by atoms with Gasteiger partial charge in [0.25, 0.3) is 0 Å². The van der Waals surface area contributed by atoms with Crippen molar-refractivity contribution in [3.8, 4) is 11.6 Å². The molecular formula is C12H8N4O3. The summed E-state index contributed by atoms with van der Waals surface area (Å²) in [4.78, 5) is 25.7.